The van der Waals surface area contributed by atoms with Crippen molar-refractivity contribution in [2.45, 2.75) is 20.4 Å². The molecule has 0 spiro atoms. The Morgan fingerprint density at radius 3 is 2.59 bits per heavy atom. The van der Waals surface area contributed by atoms with Gasteiger partial charge in [-0.15, -0.1) is 11.3 Å². The predicted molar refractivity (Wildman–Crippen MR) is 113 cm³/mol. The minimum atomic E-state index is -0.503. The molecule has 11 heteroatoms. The van der Waals surface area contributed by atoms with Crippen LogP contribution in [0.2, 0.25) is 0 Å². The van der Waals surface area contributed by atoms with Crippen molar-refractivity contribution in [2.75, 3.05) is 0 Å². The molecule has 4 rings (SSSR count). The smallest absolute Gasteiger partial charge is 0.296 e. The molecule has 0 radical (unpaired) electrons. The Bertz CT molecular complexity index is 1390. The highest BCUT2D eigenvalue weighted by atomic mass is 79.9. The summed E-state index contributed by atoms with van der Waals surface area (Å²) in [5.74, 6) is -0.158. The third-order valence-electron chi connectivity index (χ3n) is 4.94. The van der Waals surface area contributed by atoms with Gasteiger partial charge in [-0.3, -0.25) is 27.9 Å². The summed E-state index contributed by atoms with van der Waals surface area (Å²) in [4.78, 5) is 46.4. The van der Waals surface area contributed by atoms with E-state index in [0.717, 1.165) is 21.1 Å². The molecule has 4 aromatic heterocycles. The van der Waals surface area contributed by atoms with E-state index in [2.05, 4.69) is 25.9 Å². The largest absolute Gasteiger partial charge is 0.332 e. The molecule has 4 heterocycles. The first-order chi connectivity index (χ1) is 13.7. The van der Waals surface area contributed by atoms with E-state index in [-0.39, 0.29) is 17.8 Å². The van der Waals surface area contributed by atoms with Crippen LogP contribution >= 0.6 is 27.3 Å². The number of hydrogen-bond acceptors (Lipinski definition) is 6. The van der Waals surface area contributed by atoms with E-state index in [9.17, 15) is 14.4 Å². The Labute approximate surface area is 177 Å². The normalized spacial score (nSPS) is 11.5. The van der Waals surface area contributed by atoms with E-state index in [4.69, 9.17) is 0 Å². The molecular formula is C18H17BrN6O3S. The van der Waals surface area contributed by atoms with Gasteiger partial charge in [-0.05, 0) is 35.8 Å². The molecule has 0 N–H and O–H groups in total. The van der Waals surface area contributed by atoms with Gasteiger partial charge >= 0.3 is 5.69 Å². The van der Waals surface area contributed by atoms with Crippen molar-refractivity contribution in [2.24, 2.45) is 14.1 Å². The van der Waals surface area contributed by atoms with Crippen LogP contribution in [0.25, 0.3) is 16.3 Å². The van der Waals surface area contributed by atoms with Crippen molar-refractivity contribution in [3.05, 3.63) is 60.2 Å². The second kappa shape index (κ2) is 6.92. The number of rotatable bonds is 4. The minimum absolute atomic E-state index is 0.0697. The maximum absolute atomic E-state index is 13.1. The van der Waals surface area contributed by atoms with Gasteiger partial charge in [-0.1, -0.05) is 0 Å². The van der Waals surface area contributed by atoms with Crippen LogP contribution in [0.4, 0.5) is 0 Å². The van der Waals surface area contributed by atoms with Gasteiger partial charge in [0.25, 0.3) is 5.56 Å². The molecule has 150 valence electrons. The van der Waals surface area contributed by atoms with Crippen molar-refractivity contribution in [1.29, 1.82) is 0 Å². The second-order valence-corrected chi connectivity index (χ2v) is 8.29. The lowest BCUT2D eigenvalue weighted by Gasteiger charge is -2.09. The molecule has 4 aromatic rings. The fourth-order valence-electron chi connectivity index (χ4n) is 3.50. The van der Waals surface area contributed by atoms with Crippen LogP contribution in [0.15, 0.2) is 32.0 Å². The summed E-state index contributed by atoms with van der Waals surface area (Å²) in [5, 5.41) is 2.67. The number of carbonyl (C=O) groups excluding carboxylic acids is 1. The minimum Gasteiger partial charge on any atom is -0.296 e. The van der Waals surface area contributed by atoms with Gasteiger partial charge in [0, 0.05) is 42.6 Å². The molecule has 0 saturated carbocycles. The number of ketones is 1. The SMILES string of the molecule is Cc1cc(C(=O)Cn2c(Br)nc3c(=O)n(C)c(=O)n(C)c32)c(C)n1-c1nccs1. The molecular weight excluding hydrogens is 460 g/mol. The van der Waals surface area contributed by atoms with Crippen molar-refractivity contribution < 1.29 is 4.79 Å². The summed E-state index contributed by atoms with van der Waals surface area (Å²) < 4.78 is 6.10. The average Bonchev–Trinajstić information content (AvgIpc) is 3.38. The highest BCUT2D eigenvalue weighted by molar-refractivity contribution is 9.10. The molecule has 29 heavy (non-hydrogen) atoms. The van der Waals surface area contributed by atoms with Crippen molar-refractivity contribution >= 4 is 44.2 Å². The lowest BCUT2D eigenvalue weighted by atomic mass is 10.1. The highest BCUT2D eigenvalue weighted by Gasteiger charge is 2.22. The van der Waals surface area contributed by atoms with Crippen LogP contribution in [-0.2, 0) is 20.6 Å². The van der Waals surface area contributed by atoms with Crippen LogP contribution < -0.4 is 11.2 Å². The van der Waals surface area contributed by atoms with Crippen molar-refractivity contribution in [1.82, 2.24) is 28.2 Å². The summed E-state index contributed by atoms with van der Waals surface area (Å²) in [6.45, 7) is 3.72. The number of aryl methyl sites for hydroxylation is 2. The third kappa shape index (κ3) is 2.92. The van der Waals surface area contributed by atoms with Gasteiger partial charge < -0.3 is 0 Å². The van der Waals surface area contributed by atoms with Gasteiger partial charge in [-0.25, -0.2) is 14.8 Å². The number of imidazole rings is 1. The number of nitrogens with zero attached hydrogens (tertiary/aromatic N) is 6. The summed E-state index contributed by atoms with van der Waals surface area (Å²) in [7, 11) is 2.95. The molecule has 0 saturated heterocycles. The Hall–Kier alpha value is -2.79. The topological polar surface area (TPSA) is 96.7 Å². The van der Waals surface area contributed by atoms with E-state index in [1.807, 2.05) is 29.9 Å². The third-order valence-corrected chi connectivity index (χ3v) is 6.30. The standard InChI is InChI=1S/C18H17BrN6O3S/c1-9-7-11(10(2)25(9)17-20-5-6-29-17)12(26)8-24-14-13(21-16(24)19)15(27)23(4)18(28)22(14)3/h5-7H,8H2,1-4H3. The molecule has 0 fully saturated rings. The average molecular weight is 477 g/mol. The van der Waals surface area contributed by atoms with E-state index in [1.165, 1.54) is 27.5 Å². The number of halogens is 1. The first-order valence-corrected chi connectivity index (χ1v) is 10.3. The highest BCUT2D eigenvalue weighted by Crippen LogP contribution is 2.24. The van der Waals surface area contributed by atoms with Crippen LogP contribution in [0.3, 0.4) is 0 Å². The maximum atomic E-state index is 13.1. The number of Topliss-reactive ketones (excluding diaryl/α,β-unsaturated/α-hetero) is 1. The first kappa shape index (κ1) is 19.5. The number of hydrogen-bond donors (Lipinski definition) is 0. The van der Waals surface area contributed by atoms with Gasteiger partial charge in [0.15, 0.2) is 26.8 Å². The zero-order valence-electron chi connectivity index (χ0n) is 16.1. The molecule has 0 aliphatic heterocycles. The van der Waals surface area contributed by atoms with E-state index in [1.54, 1.807) is 13.2 Å². The van der Waals surface area contributed by atoms with Gasteiger partial charge in [0.05, 0.1) is 6.54 Å². The van der Waals surface area contributed by atoms with Gasteiger partial charge in [0.2, 0.25) is 0 Å². The van der Waals surface area contributed by atoms with Crippen molar-refractivity contribution in [3.63, 3.8) is 0 Å². The van der Waals surface area contributed by atoms with E-state index < -0.39 is 11.2 Å². The lowest BCUT2D eigenvalue weighted by Crippen LogP contribution is -2.37. The van der Waals surface area contributed by atoms with Gasteiger partial charge in [0.1, 0.15) is 0 Å². The van der Waals surface area contributed by atoms with Gasteiger partial charge in [-0.2, -0.15) is 0 Å². The summed E-state index contributed by atoms with van der Waals surface area (Å²) in [6.07, 6.45) is 1.72. The zero-order valence-corrected chi connectivity index (χ0v) is 18.5. The van der Waals surface area contributed by atoms with E-state index in [0.29, 0.717) is 15.9 Å². The molecule has 0 aliphatic carbocycles. The molecule has 0 atom stereocenters. The van der Waals surface area contributed by atoms with Crippen LogP contribution in [0.5, 0.6) is 0 Å². The van der Waals surface area contributed by atoms with Crippen LogP contribution in [0, 0.1) is 13.8 Å². The zero-order chi connectivity index (χ0) is 21.0. The fourth-order valence-corrected chi connectivity index (χ4v) is 4.72. The molecule has 0 amide bonds. The Morgan fingerprint density at radius 1 is 1.21 bits per heavy atom. The molecule has 0 bridgehead atoms. The molecule has 0 aliphatic rings. The van der Waals surface area contributed by atoms with Crippen LogP contribution in [-0.4, -0.2) is 34.0 Å². The van der Waals surface area contributed by atoms with Crippen LogP contribution in [0.1, 0.15) is 21.7 Å². The lowest BCUT2D eigenvalue weighted by molar-refractivity contribution is 0.0971. The Morgan fingerprint density at radius 2 is 1.93 bits per heavy atom. The number of carbonyl (C=O) groups is 1. The quantitative estimate of drug-likeness (QED) is 0.331. The number of aromatic nitrogens is 6. The summed E-state index contributed by atoms with van der Waals surface area (Å²) >= 11 is 4.81. The van der Waals surface area contributed by atoms with E-state index >= 15 is 0 Å². The maximum Gasteiger partial charge on any atom is 0.332 e. The summed E-state index contributed by atoms with van der Waals surface area (Å²) in [5.41, 5.74) is 1.68. The predicted octanol–water partition coefficient (Wildman–Crippen LogP) is 1.94. The van der Waals surface area contributed by atoms with Crippen molar-refractivity contribution in [3.8, 4) is 5.13 Å². The summed E-state index contributed by atoms with van der Waals surface area (Å²) in [6, 6.07) is 1.82. The monoisotopic (exact) mass is 476 g/mol. The Kier molecular flexibility index (Phi) is 4.66. The number of fused-ring (bicyclic) bond motifs is 1. The molecule has 9 nitrogen and oxygen atoms in total. The Balaban J connectivity index is 1.82. The second-order valence-electron chi connectivity index (χ2n) is 6.70. The molecule has 0 unspecified atom stereocenters. The first-order valence-electron chi connectivity index (χ1n) is 8.66. The molecule has 0 aromatic carbocycles. The fraction of sp³-hybridized carbons (Fsp3) is 0.278. The number of thiazole rings is 1.